The number of hydrogen-bond acceptors (Lipinski definition) is 5. The van der Waals surface area contributed by atoms with Gasteiger partial charge in [-0.2, -0.15) is 4.31 Å². The van der Waals surface area contributed by atoms with Crippen LogP contribution in [0.1, 0.15) is 32.6 Å². The lowest BCUT2D eigenvalue weighted by Gasteiger charge is -2.15. The molecule has 1 amide bonds. The van der Waals surface area contributed by atoms with E-state index in [1.807, 2.05) is 6.92 Å². The Labute approximate surface area is 141 Å². The van der Waals surface area contributed by atoms with Gasteiger partial charge in [0.05, 0.1) is 10.3 Å². The highest BCUT2D eigenvalue weighted by Crippen LogP contribution is 2.26. The summed E-state index contributed by atoms with van der Waals surface area (Å²) in [6.07, 6.45) is 5.33. The van der Waals surface area contributed by atoms with E-state index in [9.17, 15) is 13.2 Å². The second-order valence-electron chi connectivity index (χ2n) is 5.99. The van der Waals surface area contributed by atoms with Crippen molar-refractivity contribution in [3.8, 4) is 0 Å². The van der Waals surface area contributed by atoms with E-state index in [0.29, 0.717) is 24.2 Å². The SMILES string of the molecule is C[C@H](Sc1ccc(S(=O)(=O)N2CCCC2)cn1)C(=O)NC1CC1. The molecule has 1 aromatic rings. The van der Waals surface area contributed by atoms with Gasteiger partial charge in [-0.25, -0.2) is 13.4 Å². The third kappa shape index (κ3) is 4.05. The molecule has 0 unspecified atom stereocenters. The van der Waals surface area contributed by atoms with Gasteiger partial charge in [-0.15, -0.1) is 0 Å². The van der Waals surface area contributed by atoms with Gasteiger partial charge in [0.1, 0.15) is 4.90 Å². The van der Waals surface area contributed by atoms with Crippen molar-refractivity contribution in [2.24, 2.45) is 0 Å². The van der Waals surface area contributed by atoms with Gasteiger partial charge >= 0.3 is 0 Å². The van der Waals surface area contributed by atoms with Crippen LogP contribution in [0.5, 0.6) is 0 Å². The molecule has 1 aliphatic heterocycles. The van der Waals surface area contributed by atoms with E-state index in [2.05, 4.69) is 10.3 Å². The summed E-state index contributed by atoms with van der Waals surface area (Å²) in [6, 6.07) is 3.59. The van der Waals surface area contributed by atoms with Crippen LogP contribution in [0.25, 0.3) is 0 Å². The fraction of sp³-hybridized carbons (Fsp3) is 0.600. The van der Waals surface area contributed by atoms with Crippen molar-refractivity contribution in [1.82, 2.24) is 14.6 Å². The molecule has 0 aromatic carbocycles. The van der Waals surface area contributed by atoms with Crippen molar-refractivity contribution >= 4 is 27.7 Å². The number of hydrogen-bond donors (Lipinski definition) is 1. The topological polar surface area (TPSA) is 79.4 Å². The number of pyridine rings is 1. The lowest BCUT2D eigenvalue weighted by atomic mass is 10.4. The molecule has 3 rings (SSSR count). The quantitative estimate of drug-likeness (QED) is 0.785. The first-order valence-electron chi connectivity index (χ1n) is 7.90. The summed E-state index contributed by atoms with van der Waals surface area (Å²) >= 11 is 1.34. The van der Waals surface area contributed by atoms with Crippen LogP contribution in [0.15, 0.2) is 28.3 Å². The number of carbonyl (C=O) groups is 1. The molecule has 2 aliphatic rings. The molecule has 1 N–H and O–H groups in total. The molecular formula is C15H21N3O3S2. The molecule has 1 saturated heterocycles. The van der Waals surface area contributed by atoms with Crippen LogP contribution < -0.4 is 5.32 Å². The van der Waals surface area contributed by atoms with E-state index in [1.165, 1.54) is 22.3 Å². The van der Waals surface area contributed by atoms with Crippen LogP contribution >= 0.6 is 11.8 Å². The number of rotatable bonds is 6. The van der Waals surface area contributed by atoms with E-state index >= 15 is 0 Å². The van der Waals surface area contributed by atoms with Crippen molar-refractivity contribution in [2.45, 2.75) is 53.8 Å². The maximum Gasteiger partial charge on any atom is 0.244 e. The monoisotopic (exact) mass is 355 g/mol. The summed E-state index contributed by atoms with van der Waals surface area (Å²) in [5.41, 5.74) is 0. The molecule has 8 heteroatoms. The number of aromatic nitrogens is 1. The van der Waals surface area contributed by atoms with Crippen molar-refractivity contribution in [3.05, 3.63) is 18.3 Å². The number of sulfonamides is 1. The molecule has 0 bridgehead atoms. The summed E-state index contributed by atoms with van der Waals surface area (Å²) in [7, 11) is -3.43. The number of nitrogens with zero attached hydrogens (tertiary/aromatic N) is 2. The van der Waals surface area contributed by atoms with Gasteiger partial charge in [0.15, 0.2) is 0 Å². The highest BCUT2D eigenvalue weighted by molar-refractivity contribution is 8.00. The molecule has 126 valence electrons. The third-order valence-corrected chi connectivity index (χ3v) is 6.94. The molecule has 6 nitrogen and oxygen atoms in total. The summed E-state index contributed by atoms with van der Waals surface area (Å²) in [5, 5.41) is 3.37. The van der Waals surface area contributed by atoms with Gasteiger partial charge in [-0.1, -0.05) is 11.8 Å². The maximum atomic E-state index is 12.4. The summed E-state index contributed by atoms with van der Waals surface area (Å²) < 4.78 is 26.3. The standard InChI is InChI=1S/C15H21N3O3S2/c1-11(15(19)17-12-4-5-12)22-14-7-6-13(10-16-14)23(20,21)18-8-2-3-9-18/h6-7,10-12H,2-5,8-9H2,1H3,(H,17,19)/t11-/m0/s1. The van der Waals surface area contributed by atoms with Crippen LogP contribution in [-0.4, -0.2) is 48.0 Å². The fourth-order valence-corrected chi connectivity index (χ4v) is 4.71. The molecule has 1 aromatic heterocycles. The smallest absolute Gasteiger partial charge is 0.244 e. The van der Waals surface area contributed by atoms with E-state index in [0.717, 1.165) is 25.7 Å². The van der Waals surface area contributed by atoms with Crippen molar-refractivity contribution in [3.63, 3.8) is 0 Å². The minimum absolute atomic E-state index is 0.00747. The Morgan fingerprint density at radius 1 is 1.35 bits per heavy atom. The van der Waals surface area contributed by atoms with Crippen LogP contribution in [0.3, 0.4) is 0 Å². The highest BCUT2D eigenvalue weighted by atomic mass is 32.2. The van der Waals surface area contributed by atoms with E-state index in [-0.39, 0.29) is 16.1 Å². The highest BCUT2D eigenvalue weighted by Gasteiger charge is 2.28. The first-order valence-corrected chi connectivity index (χ1v) is 10.2. The normalized spacial score (nSPS) is 20.4. The molecular weight excluding hydrogens is 334 g/mol. The van der Waals surface area contributed by atoms with Gasteiger partial charge in [-0.05, 0) is 44.7 Å². The Bertz CT molecular complexity index is 666. The lowest BCUT2D eigenvalue weighted by Crippen LogP contribution is -2.32. The molecule has 1 saturated carbocycles. The van der Waals surface area contributed by atoms with Crippen molar-refractivity contribution < 1.29 is 13.2 Å². The molecule has 0 spiro atoms. The second-order valence-corrected chi connectivity index (χ2v) is 9.29. The van der Waals surface area contributed by atoms with Gasteiger partial charge in [0, 0.05) is 25.3 Å². The molecule has 2 heterocycles. The summed E-state index contributed by atoms with van der Waals surface area (Å²) in [5.74, 6) is 0.00747. The van der Waals surface area contributed by atoms with Crippen LogP contribution in [0.2, 0.25) is 0 Å². The minimum atomic E-state index is -3.43. The van der Waals surface area contributed by atoms with Gasteiger partial charge < -0.3 is 5.32 Å². The third-order valence-electron chi connectivity index (χ3n) is 4.00. The van der Waals surface area contributed by atoms with E-state index < -0.39 is 10.0 Å². The first kappa shape index (κ1) is 16.7. The maximum absolute atomic E-state index is 12.4. The average Bonchev–Trinajstić information content (AvgIpc) is 3.16. The zero-order valence-corrected chi connectivity index (χ0v) is 14.7. The Morgan fingerprint density at radius 3 is 2.61 bits per heavy atom. The van der Waals surface area contributed by atoms with Gasteiger partial charge in [0.2, 0.25) is 15.9 Å². The van der Waals surface area contributed by atoms with Crippen molar-refractivity contribution in [1.29, 1.82) is 0 Å². The Hall–Kier alpha value is -1.12. The lowest BCUT2D eigenvalue weighted by molar-refractivity contribution is -0.120. The Morgan fingerprint density at radius 2 is 2.04 bits per heavy atom. The summed E-state index contributed by atoms with van der Waals surface area (Å²) in [4.78, 5) is 16.4. The minimum Gasteiger partial charge on any atom is -0.352 e. The predicted molar refractivity (Wildman–Crippen MR) is 88.7 cm³/mol. The average molecular weight is 355 g/mol. The van der Waals surface area contributed by atoms with E-state index in [1.54, 1.807) is 12.1 Å². The fourth-order valence-electron chi connectivity index (χ4n) is 2.45. The molecule has 1 aliphatic carbocycles. The zero-order chi connectivity index (χ0) is 16.4. The number of thioether (sulfide) groups is 1. The van der Waals surface area contributed by atoms with Crippen LogP contribution in [0, 0.1) is 0 Å². The first-order chi connectivity index (χ1) is 11.0. The van der Waals surface area contributed by atoms with Crippen LogP contribution in [-0.2, 0) is 14.8 Å². The number of amides is 1. The Balaban J connectivity index is 1.63. The zero-order valence-electron chi connectivity index (χ0n) is 13.1. The molecule has 23 heavy (non-hydrogen) atoms. The van der Waals surface area contributed by atoms with Gasteiger partial charge in [-0.3, -0.25) is 4.79 Å². The van der Waals surface area contributed by atoms with Crippen molar-refractivity contribution in [2.75, 3.05) is 13.1 Å². The van der Waals surface area contributed by atoms with Crippen LogP contribution in [0.4, 0.5) is 0 Å². The van der Waals surface area contributed by atoms with E-state index in [4.69, 9.17) is 0 Å². The Kier molecular flexibility index (Phi) is 4.93. The number of carbonyl (C=O) groups excluding carboxylic acids is 1. The largest absolute Gasteiger partial charge is 0.352 e. The van der Waals surface area contributed by atoms with Gasteiger partial charge in [0.25, 0.3) is 0 Å². The second kappa shape index (κ2) is 6.78. The molecule has 1 atom stereocenters. The molecule has 0 radical (unpaired) electrons. The molecule has 2 fully saturated rings. The summed E-state index contributed by atoms with van der Waals surface area (Å²) in [6.45, 7) is 2.99. The number of nitrogens with one attached hydrogen (secondary N) is 1. The predicted octanol–water partition coefficient (Wildman–Crippen LogP) is 1.63.